The smallest absolute Gasteiger partial charge is 0.449 e. The van der Waals surface area contributed by atoms with Crippen LogP contribution in [0.5, 0.6) is 0 Å². The van der Waals surface area contributed by atoms with Gasteiger partial charge in [0.1, 0.15) is 18.8 Å². The second-order valence-electron chi connectivity index (χ2n) is 19.4. The van der Waals surface area contributed by atoms with Crippen molar-refractivity contribution in [2.75, 3.05) is 13.2 Å². The molecule has 0 aromatic heterocycles. The van der Waals surface area contributed by atoms with Crippen molar-refractivity contribution in [3.8, 4) is 0 Å². The highest BCUT2D eigenvalue weighted by molar-refractivity contribution is 5.78. The van der Waals surface area contributed by atoms with E-state index in [-0.39, 0.29) is 67.3 Å². The number of ether oxygens (including phenoxy) is 5. The van der Waals surface area contributed by atoms with Crippen LogP contribution in [0.4, 0.5) is 22.0 Å². The van der Waals surface area contributed by atoms with Crippen LogP contribution in [0.15, 0.2) is 0 Å². The summed E-state index contributed by atoms with van der Waals surface area (Å²) in [5.74, 6) is -10.9. The molecule has 58 heavy (non-hydrogen) atoms. The third kappa shape index (κ3) is 10.8. The molecule has 12 nitrogen and oxygen atoms in total. The number of rotatable bonds is 11. The number of fused-ring (bicyclic) bond motifs is 2. The third-order valence-electron chi connectivity index (χ3n) is 12.6. The van der Waals surface area contributed by atoms with Gasteiger partial charge in [-0.2, -0.15) is 22.0 Å². The zero-order chi connectivity index (χ0) is 45.5. The molecule has 3 unspecified atom stereocenters. The summed E-state index contributed by atoms with van der Waals surface area (Å²) in [4.78, 5) is 46.6. The van der Waals surface area contributed by atoms with E-state index in [2.05, 4.69) is 9.47 Å². The van der Waals surface area contributed by atoms with Crippen LogP contribution in [0, 0.1) is 39.9 Å². The van der Waals surface area contributed by atoms with E-state index in [1.165, 1.54) is 13.8 Å². The number of carbonyl (C=O) groups is 4. The Bertz CT molecular complexity index is 1480. The monoisotopic (exact) mass is 846 g/mol. The molecular formula is C41H67F5O12. The molecule has 0 amide bonds. The first kappa shape index (κ1) is 51.5. The molecule has 2 heterocycles. The average Bonchev–Trinajstić information content (AvgIpc) is 3.84. The van der Waals surface area contributed by atoms with Gasteiger partial charge in [-0.15, -0.1) is 0 Å². The second-order valence-corrected chi connectivity index (χ2v) is 19.4. The fourth-order valence-electron chi connectivity index (χ4n) is 7.50. The van der Waals surface area contributed by atoms with Crippen LogP contribution in [0.2, 0.25) is 0 Å². The Kier molecular flexibility index (Phi) is 15.4. The fraction of sp³-hybridized carbons (Fsp3) is 0.902. The minimum atomic E-state index is -5.74. The molecule has 0 radical (unpaired) electrons. The van der Waals surface area contributed by atoms with Crippen molar-refractivity contribution in [3.05, 3.63) is 0 Å². The topological polar surface area (TPSA) is 175 Å². The quantitative estimate of drug-likeness (QED) is 0.110. The number of aliphatic hydroxyl groups is 3. The zero-order valence-corrected chi connectivity index (χ0v) is 36.5. The third-order valence-corrected chi connectivity index (χ3v) is 12.6. The van der Waals surface area contributed by atoms with Crippen LogP contribution >= 0.6 is 0 Å². The first-order chi connectivity index (χ1) is 25.9. The maximum atomic E-state index is 14.0. The molecular weight excluding hydrogens is 779 g/mol. The Balaban J connectivity index is 0.000000309. The molecule has 3 N–H and O–H groups in total. The molecule has 2 bridgehead atoms. The van der Waals surface area contributed by atoms with Crippen LogP contribution in [0.1, 0.15) is 135 Å². The highest BCUT2D eigenvalue weighted by atomic mass is 19.4. The van der Waals surface area contributed by atoms with E-state index in [0.29, 0.717) is 19.3 Å². The summed E-state index contributed by atoms with van der Waals surface area (Å²) >= 11 is 0. The number of cyclic esters (lactones) is 1. The van der Waals surface area contributed by atoms with Gasteiger partial charge in [-0.25, -0.2) is 0 Å². The SMILES string of the molecule is CCC(C)(C)C(=O)OC1(C)COC(O)(C(F)(F)F)C1(F)F.CCC(C)(C)C(=O)OC1COC(=O)C1.CCC(C)(C)C(=O)O[C@@H]1C[C@@H]2C[C@H]1[C@@H](C(C)(C)O)[C@@H]2C(C)(C)O. The summed E-state index contributed by atoms with van der Waals surface area (Å²) in [6.07, 6.45) is -2.65. The van der Waals surface area contributed by atoms with Crippen molar-refractivity contribution in [2.24, 2.45) is 39.9 Å². The van der Waals surface area contributed by atoms with Crippen molar-refractivity contribution < 1.29 is 80.1 Å². The standard InChI is InChI=1S/C19H34O4.C12H17F5O4.C10H16O4/c1-8-17(2,3)16(20)23-13-10-11-9-12(13)15(19(6,7)22)14(11)18(4,5)21;1-5-8(2,3)7(18)21-9(4)6-20-11(19,10(9,13)14)12(15,16)17;1-4-10(2,3)9(12)14-7-5-8(11)13-6-7/h11-15,21-22H,8-10H2,1-7H3;19H,5-6H2,1-4H3;7H,4-6H2,1-3H3/t11-,12+,13+,14+,15+;;/m0../s1. The van der Waals surface area contributed by atoms with Crippen molar-refractivity contribution in [2.45, 2.75) is 182 Å². The van der Waals surface area contributed by atoms with Gasteiger partial charge in [0, 0.05) is 5.92 Å². The van der Waals surface area contributed by atoms with E-state index in [0.717, 1.165) is 19.3 Å². The average molecular weight is 847 g/mol. The van der Waals surface area contributed by atoms with E-state index in [1.807, 2.05) is 69.2 Å². The van der Waals surface area contributed by atoms with Crippen LogP contribution in [-0.4, -0.2) is 99.3 Å². The van der Waals surface area contributed by atoms with Gasteiger partial charge >= 0.3 is 41.8 Å². The Labute approximate surface area is 339 Å². The van der Waals surface area contributed by atoms with E-state index in [4.69, 9.17) is 14.2 Å². The molecule has 2 saturated heterocycles. The maximum Gasteiger partial charge on any atom is 0.449 e. The van der Waals surface area contributed by atoms with Crippen molar-refractivity contribution in [1.82, 2.24) is 0 Å². The van der Waals surface area contributed by atoms with Crippen molar-refractivity contribution >= 4 is 23.9 Å². The number of alkyl halides is 5. The molecule has 338 valence electrons. The number of carbonyl (C=O) groups excluding carboxylic acids is 4. The molecule has 4 fully saturated rings. The van der Waals surface area contributed by atoms with Crippen LogP contribution in [0.3, 0.4) is 0 Å². The van der Waals surface area contributed by atoms with Gasteiger partial charge in [0.15, 0.2) is 0 Å². The minimum absolute atomic E-state index is 0.0432. The molecule has 4 rings (SSSR count). The predicted octanol–water partition coefficient (Wildman–Crippen LogP) is 7.07. The van der Waals surface area contributed by atoms with E-state index in [1.54, 1.807) is 6.92 Å². The summed E-state index contributed by atoms with van der Waals surface area (Å²) in [6.45, 7) is 22.6. The van der Waals surface area contributed by atoms with Crippen LogP contribution in [0.25, 0.3) is 0 Å². The van der Waals surface area contributed by atoms with Crippen molar-refractivity contribution in [3.63, 3.8) is 0 Å². The van der Waals surface area contributed by atoms with Crippen LogP contribution < -0.4 is 0 Å². The molecule has 8 atom stereocenters. The van der Waals surface area contributed by atoms with Crippen molar-refractivity contribution in [1.29, 1.82) is 0 Å². The lowest BCUT2D eigenvalue weighted by atomic mass is 9.65. The van der Waals surface area contributed by atoms with E-state index in [9.17, 15) is 56.4 Å². The number of esters is 4. The number of halogens is 5. The van der Waals surface area contributed by atoms with Gasteiger partial charge in [-0.05, 0) is 126 Å². The van der Waals surface area contributed by atoms with Crippen LogP contribution in [-0.2, 0) is 42.9 Å². The Morgan fingerprint density at radius 1 is 0.759 bits per heavy atom. The lowest BCUT2D eigenvalue weighted by Gasteiger charge is -2.46. The Morgan fingerprint density at radius 2 is 1.21 bits per heavy atom. The van der Waals surface area contributed by atoms with Gasteiger partial charge in [-0.3, -0.25) is 19.2 Å². The second kappa shape index (κ2) is 17.4. The number of hydrogen-bond acceptors (Lipinski definition) is 12. The molecule has 0 aromatic carbocycles. The zero-order valence-electron chi connectivity index (χ0n) is 36.5. The summed E-state index contributed by atoms with van der Waals surface area (Å²) in [5, 5.41) is 30.4. The predicted molar refractivity (Wildman–Crippen MR) is 200 cm³/mol. The normalized spacial score (nSPS) is 31.0. The molecule has 4 aliphatic rings. The minimum Gasteiger partial charge on any atom is -0.462 e. The lowest BCUT2D eigenvalue weighted by molar-refractivity contribution is -0.409. The summed E-state index contributed by atoms with van der Waals surface area (Å²) < 4.78 is 90.1. The fourth-order valence-corrected chi connectivity index (χ4v) is 7.50. The molecule has 0 spiro atoms. The molecule has 2 aliphatic carbocycles. The van der Waals surface area contributed by atoms with Gasteiger partial charge in [0.25, 0.3) is 0 Å². The van der Waals surface area contributed by atoms with Gasteiger partial charge in [0.2, 0.25) is 5.60 Å². The highest BCUT2D eigenvalue weighted by Gasteiger charge is 2.83. The van der Waals surface area contributed by atoms with Gasteiger partial charge in [-0.1, -0.05) is 20.8 Å². The first-order valence-corrected chi connectivity index (χ1v) is 20.0. The maximum absolute atomic E-state index is 14.0. The summed E-state index contributed by atoms with van der Waals surface area (Å²) in [6, 6.07) is 0. The summed E-state index contributed by atoms with van der Waals surface area (Å²) in [7, 11) is 0. The largest absolute Gasteiger partial charge is 0.462 e. The lowest BCUT2D eigenvalue weighted by Crippen LogP contribution is -2.63. The molecule has 2 saturated carbocycles. The Morgan fingerprint density at radius 3 is 1.59 bits per heavy atom. The number of hydrogen-bond donors (Lipinski definition) is 3. The Hall–Kier alpha value is -2.63. The molecule has 2 aliphatic heterocycles. The molecule has 17 heteroatoms. The van der Waals surface area contributed by atoms with Gasteiger partial charge in [0.05, 0.1) is 40.5 Å². The van der Waals surface area contributed by atoms with E-state index < -0.39 is 63.5 Å². The summed E-state index contributed by atoms with van der Waals surface area (Å²) in [5.41, 5.74) is -6.75. The first-order valence-electron chi connectivity index (χ1n) is 20.0. The van der Waals surface area contributed by atoms with E-state index >= 15 is 0 Å². The molecule has 0 aromatic rings. The highest BCUT2D eigenvalue weighted by Crippen LogP contribution is 2.60. The van der Waals surface area contributed by atoms with Gasteiger partial charge < -0.3 is 39.0 Å².